The van der Waals surface area contributed by atoms with Crippen LogP contribution in [0.15, 0.2) is 29.1 Å². The third-order valence-corrected chi connectivity index (χ3v) is 5.37. The van der Waals surface area contributed by atoms with Crippen LogP contribution in [0.25, 0.3) is 10.9 Å². The molecule has 2 fully saturated rings. The summed E-state index contributed by atoms with van der Waals surface area (Å²) in [6.45, 7) is 1.02. The lowest BCUT2D eigenvalue weighted by Crippen LogP contribution is -2.38. The van der Waals surface area contributed by atoms with Gasteiger partial charge in [0.1, 0.15) is 0 Å². The van der Waals surface area contributed by atoms with Crippen molar-refractivity contribution in [2.24, 2.45) is 5.92 Å². The largest absolute Gasteiger partial charge is 0.339 e. The van der Waals surface area contributed by atoms with E-state index in [1.165, 1.54) is 44.9 Å². The van der Waals surface area contributed by atoms with E-state index in [1.807, 2.05) is 24.3 Å². The fourth-order valence-electron chi connectivity index (χ4n) is 4.27. The third kappa shape index (κ3) is 2.40. The molecule has 1 aliphatic carbocycles. The van der Waals surface area contributed by atoms with Crippen molar-refractivity contribution in [3.05, 3.63) is 34.6 Å². The molecule has 1 saturated heterocycles. The predicted molar refractivity (Wildman–Crippen MR) is 89.3 cm³/mol. The standard InChI is InChI=1S/C18H23N3O/c22-17-14-9-4-5-10-15(14)19-18(20-17)21-12-6-11-16(21)13-7-2-1-3-8-13/h4-5,9-10,13,16H,1-3,6-8,11-12H2,(H,19,20,22). The molecule has 1 aromatic carbocycles. The molecule has 2 aromatic rings. The van der Waals surface area contributed by atoms with E-state index in [0.29, 0.717) is 11.4 Å². The number of hydrogen-bond acceptors (Lipinski definition) is 3. The van der Waals surface area contributed by atoms with Crippen molar-refractivity contribution in [3.8, 4) is 0 Å². The maximum absolute atomic E-state index is 12.3. The molecule has 4 rings (SSSR count). The van der Waals surface area contributed by atoms with Crippen LogP contribution < -0.4 is 10.5 Å². The molecular weight excluding hydrogens is 274 g/mol. The van der Waals surface area contributed by atoms with Gasteiger partial charge in [-0.25, -0.2) is 4.98 Å². The van der Waals surface area contributed by atoms with Crippen molar-refractivity contribution in [2.75, 3.05) is 11.4 Å². The minimum Gasteiger partial charge on any atom is -0.339 e. The van der Waals surface area contributed by atoms with Gasteiger partial charge < -0.3 is 4.90 Å². The molecule has 4 nitrogen and oxygen atoms in total. The van der Waals surface area contributed by atoms with Crippen LogP contribution in [-0.4, -0.2) is 22.6 Å². The van der Waals surface area contributed by atoms with Gasteiger partial charge in [0.2, 0.25) is 5.95 Å². The van der Waals surface area contributed by atoms with Gasteiger partial charge in [-0.3, -0.25) is 9.78 Å². The van der Waals surface area contributed by atoms with Crippen molar-refractivity contribution in [1.82, 2.24) is 9.97 Å². The molecule has 1 unspecified atom stereocenters. The number of aromatic nitrogens is 2. The van der Waals surface area contributed by atoms with Gasteiger partial charge in [-0.15, -0.1) is 0 Å². The summed E-state index contributed by atoms with van der Waals surface area (Å²) in [4.78, 5) is 22.4. The molecule has 1 saturated carbocycles. The second kappa shape index (κ2) is 5.75. The highest BCUT2D eigenvalue weighted by Gasteiger charge is 2.33. The summed E-state index contributed by atoms with van der Waals surface area (Å²) in [7, 11) is 0. The van der Waals surface area contributed by atoms with Gasteiger partial charge in [0.25, 0.3) is 5.56 Å². The zero-order valence-corrected chi connectivity index (χ0v) is 12.9. The average Bonchev–Trinajstić information content (AvgIpc) is 3.05. The minimum absolute atomic E-state index is 0.0186. The minimum atomic E-state index is -0.0186. The quantitative estimate of drug-likeness (QED) is 0.923. The first-order valence-electron chi connectivity index (χ1n) is 8.58. The van der Waals surface area contributed by atoms with E-state index >= 15 is 0 Å². The van der Waals surface area contributed by atoms with Crippen LogP contribution in [0.5, 0.6) is 0 Å². The second-order valence-corrected chi connectivity index (χ2v) is 6.71. The number of rotatable bonds is 2. The van der Waals surface area contributed by atoms with Gasteiger partial charge in [0.15, 0.2) is 0 Å². The Morgan fingerprint density at radius 2 is 1.86 bits per heavy atom. The van der Waals surface area contributed by atoms with E-state index in [-0.39, 0.29) is 5.56 Å². The van der Waals surface area contributed by atoms with Crippen LogP contribution in [0, 0.1) is 5.92 Å². The zero-order chi connectivity index (χ0) is 14.9. The number of nitrogens with zero attached hydrogens (tertiary/aromatic N) is 2. The highest BCUT2D eigenvalue weighted by atomic mass is 16.1. The predicted octanol–water partition coefficient (Wildman–Crippen LogP) is 3.47. The van der Waals surface area contributed by atoms with Gasteiger partial charge in [-0.1, -0.05) is 31.4 Å². The lowest BCUT2D eigenvalue weighted by molar-refractivity contribution is 0.303. The Hall–Kier alpha value is -1.84. The van der Waals surface area contributed by atoms with Crippen molar-refractivity contribution < 1.29 is 0 Å². The number of H-pyrrole nitrogens is 1. The van der Waals surface area contributed by atoms with E-state index in [4.69, 9.17) is 4.98 Å². The monoisotopic (exact) mass is 297 g/mol. The van der Waals surface area contributed by atoms with E-state index in [1.54, 1.807) is 0 Å². The van der Waals surface area contributed by atoms with E-state index in [9.17, 15) is 4.79 Å². The first kappa shape index (κ1) is 13.8. The Labute approximate surface area is 130 Å². The molecule has 1 aliphatic heterocycles. The maximum atomic E-state index is 12.3. The molecule has 0 spiro atoms. The van der Waals surface area contributed by atoms with Crippen LogP contribution in [0.1, 0.15) is 44.9 Å². The SMILES string of the molecule is O=c1[nH]c(N2CCCC2C2CCCCC2)nc2ccccc12. The molecule has 0 amide bonds. The Kier molecular flexibility index (Phi) is 3.60. The number of nitrogens with one attached hydrogen (secondary N) is 1. The molecular formula is C18H23N3O. The van der Waals surface area contributed by atoms with E-state index in [0.717, 1.165) is 23.9 Å². The Balaban J connectivity index is 1.69. The Bertz CT molecular complexity index is 718. The molecule has 0 bridgehead atoms. The highest BCUT2D eigenvalue weighted by molar-refractivity contribution is 5.78. The third-order valence-electron chi connectivity index (χ3n) is 5.37. The normalized spacial score (nSPS) is 23.3. The van der Waals surface area contributed by atoms with Crippen LogP contribution in [0.2, 0.25) is 0 Å². The first-order valence-corrected chi connectivity index (χ1v) is 8.58. The number of para-hydroxylation sites is 1. The van der Waals surface area contributed by atoms with Gasteiger partial charge in [0, 0.05) is 12.6 Å². The Morgan fingerprint density at radius 1 is 1.05 bits per heavy atom. The topological polar surface area (TPSA) is 49.0 Å². The molecule has 1 N–H and O–H groups in total. The molecule has 22 heavy (non-hydrogen) atoms. The molecule has 116 valence electrons. The number of fused-ring (bicyclic) bond motifs is 1. The lowest BCUT2D eigenvalue weighted by Gasteiger charge is -2.34. The summed E-state index contributed by atoms with van der Waals surface area (Å²) in [5, 5.41) is 0.680. The summed E-state index contributed by atoms with van der Waals surface area (Å²) >= 11 is 0. The maximum Gasteiger partial charge on any atom is 0.260 e. The van der Waals surface area contributed by atoms with Gasteiger partial charge in [-0.05, 0) is 43.7 Å². The molecule has 4 heteroatoms. The summed E-state index contributed by atoms with van der Waals surface area (Å²) in [5.41, 5.74) is 0.783. The van der Waals surface area contributed by atoms with Crippen molar-refractivity contribution in [2.45, 2.75) is 51.0 Å². The van der Waals surface area contributed by atoms with Crippen molar-refractivity contribution >= 4 is 16.9 Å². The number of anilines is 1. The van der Waals surface area contributed by atoms with E-state index < -0.39 is 0 Å². The average molecular weight is 297 g/mol. The summed E-state index contributed by atoms with van der Waals surface area (Å²) in [5.74, 6) is 1.55. The zero-order valence-electron chi connectivity index (χ0n) is 12.9. The van der Waals surface area contributed by atoms with Crippen LogP contribution >= 0.6 is 0 Å². The first-order chi connectivity index (χ1) is 10.8. The molecule has 2 heterocycles. The summed E-state index contributed by atoms with van der Waals surface area (Å²) < 4.78 is 0. The van der Waals surface area contributed by atoms with Crippen molar-refractivity contribution in [1.29, 1.82) is 0 Å². The van der Waals surface area contributed by atoms with E-state index in [2.05, 4.69) is 9.88 Å². The van der Waals surface area contributed by atoms with Crippen molar-refractivity contribution in [3.63, 3.8) is 0 Å². The molecule has 1 atom stereocenters. The van der Waals surface area contributed by atoms with Crippen LogP contribution in [0.4, 0.5) is 5.95 Å². The molecule has 2 aliphatic rings. The number of aromatic amines is 1. The second-order valence-electron chi connectivity index (χ2n) is 6.71. The molecule has 0 radical (unpaired) electrons. The Morgan fingerprint density at radius 3 is 2.73 bits per heavy atom. The summed E-state index contributed by atoms with van der Waals surface area (Å²) in [6, 6.07) is 8.17. The fraction of sp³-hybridized carbons (Fsp3) is 0.556. The number of hydrogen-bond donors (Lipinski definition) is 1. The van der Waals surface area contributed by atoms with Gasteiger partial charge in [-0.2, -0.15) is 0 Å². The van der Waals surface area contributed by atoms with Crippen LogP contribution in [0.3, 0.4) is 0 Å². The summed E-state index contributed by atoms with van der Waals surface area (Å²) in [6.07, 6.45) is 9.21. The number of benzene rings is 1. The van der Waals surface area contributed by atoms with Crippen LogP contribution in [-0.2, 0) is 0 Å². The lowest BCUT2D eigenvalue weighted by atomic mass is 9.83. The van der Waals surface area contributed by atoms with Gasteiger partial charge >= 0.3 is 0 Å². The molecule has 1 aromatic heterocycles. The smallest absolute Gasteiger partial charge is 0.260 e. The fourth-order valence-corrected chi connectivity index (χ4v) is 4.27. The highest BCUT2D eigenvalue weighted by Crippen LogP contribution is 2.35. The van der Waals surface area contributed by atoms with Gasteiger partial charge in [0.05, 0.1) is 10.9 Å².